The summed E-state index contributed by atoms with van der Waals surface area (Å²) in [5.74, 6) is 0. The van der Waals surface area contributed by atoms with Crippen molar-refractivity contribution < 1.29 is 0 Å². The Morgan fingerprint density at radius 3 is 1.95 bits per heavy atom. The van der Waals surface area contributed by atoms with Crippen molar-refractivity contribution in [1.29, 1.82) is 0 Å². The lowest BCUT2D eigenvalue weighted by Crippen LogP contribution is -2.59. The van der Waals surface area contributed by atoms with Crippen LogP contribution in [0.2, 0.25) is 0 Å². The van der Waals surface area contributed by atoms with Gasteiger partial charge in [-0.2, -0.15) is 0 Å². The molecule has 2 aliphatic rings. The third-order valence-corrected chi connectivity index (χ3v) is 5.38. The normalized spacial score (nSPS) is 35.2. The van der Waals surface area contributed by atoms with Crippen LogP contribution in [0.5, 0.6) is 0 Å². The van der Waals surface area contributed by atoms with Crippen molar-refractivity contribution in [1.82, 2.24) is 9.80 Å². The van der Waals surface area contributed by atoms with Crippen molar-refractivity contribution in [2.75, 3.05) is 26.7 Å². The molecule has 0 radical (unpaired) electrons. The van der Waals surface area contributed by atoms with Gasteiger partial charge in [0, 0.05) is 18.1 Å². The Balaban J connectivity index is 2.21. The Bertz CT molecular complexity index is 323. The van der Waals surface area contributed by atoms with E-state index in [2.05, 4.69) is 58.4 Å². The minimum atomic E-state index is 0.296. The molecule has 2 fully saturated rings. The minimum Gasteiger partial charge on any atom is -0.306 e. The van der Waals surface area contributed by atoms with Gasteiger partial charge in [-0.25, -0.2) is 0 Å². The fourth-order valence-corrected chi connectivity index (χ4v) is 4.24. The Hall–Kier alpha value is -0.0800. The molecule has 112 valence electrons. The molecular formula is C17H34N2. The summed E-state index contributed by atoms with van der Waals surface area (Å²) in [5.41, 5.74) is 1.28. The van der Waals surface area contributed by atoms with Gasteiger partial charge < -0.3 is 4.90 Å². The number of likely N-dealkylation sites (tertiary alicyclic amines) is 2. The first-order valence-corrected chi connectivity index (χ1v) is 7.99. The zero-order valence-electron chi connectivity index (χ0n) is 14.2. The van der Waals surface area contributed by atoms with E-state index in [1.54, 1.807) is 0 Å². The van der Waals surface area contributed by atoms with E-state index in [0.29, 0.717) is 22.4 Å². The molecule has 2 unspecified atom stereocenters. The van der Waals surface area contributed by atoms with Crippen LogP contribution in [0.25, 0.3) is 0 Å². The summed E-state index contributed by atoms with van der Waals surface area (Å²) in [5, 5.41) is 0. The molecule has 0 aromatic heterocycles. The Labute approximate surface area is 120 Å². The molecule has 2 saturated heterocycles. The summed E-state index contributed by atoms with van der Waals surface area (Å²) < 4.78 is 0. The van der Waals surface area contributed by atoms with Crippen molar-refractivity contribution in [3.05, 3.63) is 0 Å². The number of rotatable bonds is 0. The molecule has 2 heteroatoms. The highest BCUT2D eigenvalue weighted by molar-refractivity contribution is 5.02. The van der Waals surface area contributed by atoms with Gasteiger partial charge in [-0.3, -0.25) is 4.90 Å². The van der Waals surface area contributed by atoms with E-state index in [-0.39, 0.29) is 0 Å². The second-order valence-corrected chi connectivity index (χ2v) is 9.19. The van der Waals surface area contributed by atoms with E-state index in [1.165, 1.54) is 38.9 Å². The monoisotopic (exact) mass is 266 g/mol. The highest BCUT2D eigenvalue weighted by Crippen LogP contribution is 2.47. The SMILES string of the molecule is CN1CCC2(CCN(C(C)(C)C)C(C(C)(C)C)C2)C1. The third kappa shape index (κ3) is 3.16. The van der Waals surface area contributed by atoms with E-state index in [9.17, 15) is 0 Å². The highest BCUT2D eigenvalue weighted by atomic mass is 15.2. The first-order valence-electron chi connectivity index (χ1n) is 7.99. The van der Waals surface area contributed by atoms with Crippen LogP contribution in [0.3, 0.4) is 0 Å². The lowest BCUT2D eigenvalue weighted by Gasteiger charge is -2.55. The Morgan fingerprint density at radius 2 is 1.53 bits per heavy atom. The molecule has 0 saturated carbocycles. The molecule has 2 atom stereocenters. The zero-order chi connectivity index (χ0) is 14.5. The first kappa shape index (κ1) is 15.3. The van der Waals surface area contributed by atoms with Gasteiger partial charge >= 0.3 is 0 Å². The summed E-state index contributed by atoms with van der Waals surface area (Å²) >= 11 is 0. The largest absolute Gasteiger partial charge is 0.306 e. The van der Waals surface area contributed by atoms with Crippen LogP contribution in [-0.2, 0) is 0 Å². The third-order valence-electron chi connectivity index (χ3n) is 5.38. The number of nitrogens with zero attached hydrogens (tertiary/aromatic N) is 2. The summed E-state index contributed by atoms with van der Waals surface area (Å²) in [6.45, 7) is 18.3. The average molecular weight is 266 g/mol. The molecule has 0 aromatic carbocycles. The smallest absolute Gasteiger partial charge is 0.0155 e. The molecule has 0 aliphatic carbocycles. The van der Waals surface area contributed by atoms with Gasteiger partial charge in [0.25, 0.3) is 0 Å². The van der Waals surface area contributed by atoms with Gasteiger partial charge in [0.1, 0.15) is 0 Å². The van der Waals surface area contributed by atoms with Gasteiger partial charge in [0.2, 0.25) is 0 Å². The Kier molecular flexibility index (Phi) is 3.81. The molecule has 0 bridgehead atoms. The van der Waals surface area contributed by atoms with Crippen LogP contribution < -0.4 is 0 Å². The standard InChI is InChI=1S/C17H34N2/c1-15(2,3)14-12-17(8-10-18(7)13-17)9-11-19(14)16(4,5)6/h14H,8-13H2,1-7H3. The topological polar surface area (TPSA) is 6.48 Å². The first-order chi connectivity index (χ1) is 8.54. The van der Waals surface area contributed by atoms with E-state index in [1.807, 2.05) is 0 Å². The molecule has 2 rings (SSSR count). The van der Waals surface area contributed by atoms with E-state index >= 15 is 0 Å². The second-order valence-electron chi connectivity index (χ2n) is 9.19. The van der Waals surface area contributed by atoms with Crippen LogP contribution in [-0.4, -0.2) is 48.1 Å². The summed E-state index contributed by atoms with van der Waals surface area (Å²) in [6, 6.07) is 0.716. The predicted molar refractivity (Wildman–Crippen MR) is 83.5 cm³/mol. The van der Waals surface area contributed by atoms with E-state index in [0.717, 1.165) is 0 Å². The molecule has 0 N–H and O–H groups in total. The van der Waals surface area contributed by atoms with Gasteiger partial charge in [-0.1, -0.05) is 20.8 Å². The lowest BCUT2D eigenvalue weighted by atomic mass is 9.67. The van der Waals surface area contributed by atoms with Gasteiger partial charge in [0.05, 0.1) is 0 Å². The molecular weight excluding hydrogens is 232 g/mol. The molecule has 19 heavy (non-hydrogen) atoms. The Morgan fingerprint density at radius 1 is 0.947 bits per heavy atom. The van der Waals surface area contributed by atoms with Crippen molar-refractivity contribution in [3.63, 3.8) is 0 Å². The maximum Gasteiger partial charge on any atom is 0.0155 e. The fourth-order valence-electron chi connectivity index (χ4n) is 4.24. The van der Waals surface area contributed by atoms with Crippen LogP contribution in [0.15, 0.2) is 0 Å². The van der Waals surface area contributed by atoms with Crippen molar-refractivity contribution in [2.45, 2.75) is 72.4 Å². The van der Waals surface area contributed by atoms with Crippen molar-refractivity contribution >= 4 is 0 Å². The van der Waals surface area contributed by atoms with Gasteiger partial charge in [-0.15, -0.1) is 0 Å². The maximum atomic E-state index is 2.77. The summed E-state index contributed by atoms with van der Waals surface area (Å²) in [4.78, 5) is 5.31. The second kappa shape index (κ2) is 4.73. The zero-order valence-corrected chi connectivity index (χ0v) is 14.2. The molecule has 2 heterocycles. The van der Waals surface area contributed by atoms with Crippen molar-refractivity contribution in [2.24, 2.45) is 10.8 Å². The number of hydrogen-bond donors (Lipinski definition) is 0. The van der Waals surface area contributed by atoms with Crippen LogP contribution >= 0.6 is 0 Å². The quantitative estimate of drug-likeness (QED) is 0.661. The summed E-state index contributed by atoms with van der Waals surface area (Å²) in [7, 11) is 2.29. The van der Waals surface area contributed by atoms with Crippen LogP contribution in [0.4, 0.5) is 0 Å². The van der Waals surface area contributed by atoms with Gasteiger partial charge in [-0.05, 0) is 71.0 Å². The van der Waals surface area contributed by atoms with Crippen LogP contribution in [0.1, 0.15) is 60.8 Å². The molecule has 0 aromatic rings. The molecule has 1 spiro atoms. The fraction of sp³-hybridized carbons (Fsp3) is 1.00. The summed E-state index contributed by atoms with van der Waals surface area (Å²) in [6.07, 6.45) is 4.19. The van der Waals surface area contributed by atoms with Crippen molar-refractivity contribution in [3.8, 4) is 0 Å². The molecule has 0 amide bonds. The average Bonchev–Trinajstić information content (AvgIpc) is 2.57. The highest BCUT2D eigenvalue weighted by Gasteiger charge is 2.48. The van der Waals surface area contributed by atoms with Crippen LogP contribution in [0, 0.1) is 10.8 Å². The van der Waals surface area contributed by atoms with E-state index < -0.39 is 0 Å². The maximum absolute atomic E-state index is 2.77. The van der Waals surface area contributed by atoms with Gasteiger partial charge in [0.15, 0.2) is 0 Å². The predicted octanol–water partition coefficient (Wildman–Crippen LogP) is 3.62. The number of hydrogen-bond acceptors (Lipinski definition) is 2. The molecule has 2 nitrogen and oxygen atoms in total. The lowest BCUT2D eigenvalue weighted by molar-refractivity contribution is -0.0494. The number of piperidine rings is 1. The van der Waals surface area contributed by atoms with E-state index in [4.69, 9.17) is 0 Å². The minimum absolute atomic E-state index is 0.296. The molecule has 2 aliphatic heterocycles.